The first-order valence-electron chi connectivity index (χ1n) is 38.3. The fourth-order valence-corrected chi connectivity index (χ4v) is 28.9. The quantitative estimate of drug-likeness (QED) is 0.0474. The molecule has 3 heterocycles. The minimum atomic E-state index is -2.28. The molecule has 0 radical (unpaired) electrons. The van der Waals surface area contributed by atoms with Gasteiger partial charge in [0.25, 0.3) is 0 Å². The normalized spacial score (nSPS) is 48.6. The Morgan fingerprint density at radius 3 is 2.36 bits per heavy atom. The molecule has 6 N–H and O–H groups in total. The topological polar surface area (TPSA) is 166 Å². The van der Waals surface area contributed by atoms with Gasteiger partial charge in [-0.2, -0.15) is 0 Å². The van der Waals surface area contributed by atoms with E-state index >= 15 is 20.1 Å². The first kappa shape index (κ1) is 61.8. The summed E-state index contributed by atoms with van der Waals surface area (Å²) in [6.45, 7) is -0.136. The number of benzene rings is 4. The van der Waals surface area contributed by atoms with Crippen LogP contribution in [0.25, 0.3) is 0 Å². The number of hydrogen-bond donors (Lipinski definition) is 6. The molecule has 3 spiro atoms. The molecular formula is C86H101NO9. The van der Waals surface area contributed by atoms with Crippen LogP contribution in [0.5, 0.6) is 0 Å². The number of aliphatic hydroxyl groups is 5. The molecule has 13 aliphatic carbocycles. The van der Waals surface area contributed by atoms with Crippen molar-refractivity contribution in [3.8, 4) is 11.8 Å². The van der Waals surface area contributed by atoms with Crippen LogP contribution in [-0.2, 0) is 51.4 Å². The number of allylic oxidation sites excluding steroid dienone is 2. The lowest BCUT2D eigenvalue weighted by atomic mass is 9.31. The molecule has 20 rings (SSSR count). The monoisotopic (exact) mass is 1290 g/mol. The average molecular weight is 1290 g/mol. The highest BCUT2D eigenvalue weighted by molar-refractivity contribution is 5.86. The van der Waals surface area contributed by atoms with Crippen LogP contribution in [0.1, 0.15) is 173 Å². The number of aldehydes is 1. The molecule has 14 bridgehead atoms. The first-order valence-corrected chi connectivity index (χ1v) is 38.3. The van der Waals surface area contributed by atoms with E-state index < -0.39 is 74.3 Å². The lowest BCUT2D eigenvalue weighted by molar-refractivity contribution is -0.395. The van der Waals surface area contributed by atoms with Crippen molar-refractivity contribution < 1.29 is 44.6 Å². The summed E-state index contributed by atoms with van der Waals surface area (Å²) in [5, 5.41) is 77.3. The highest BCUT2D eigenvalue weighted by Crippen LogP contribution is 2.83. The van der Waals surface area contributed by atoms with Crippen LogP contribution in [0.4, 0.5) is 0 Å². The number of likely N-dealkylation sites (N-methyl/N-ethyl adjacent to an activating group) is 1. The third-order valence-corrected chi connectivity index (χ3v) is 32.0. The number of carbonyl (C=O) groups excluding carboxylic acids is 2. The summed E-state index contributed by atoms with van der Waals surface area (Å²) in [4.78, 5) is 30.9. The molecule has 28 atom stereocenters. The zero-order chi connectivity index (χ0) is 64.9. The maximum Gasteiger partial charge on any atom is 0.331 e. The fraction of sp³-hybridized carbons (Fsp3) is 0.628. The van der Waals surface area contributed by atoms with Crippen LogP contribution in [0.15, 0.2) is 127 Å². The van der Waals surface area contributed by atoms with Crippen LogP contribution < -0.4 is 5.32 Å². The van der Waals surface area contributed by atoms with Gasteiger partial charge in [-0.1, -0.05) is 121 Å². The third kappa shape index (κ3) is 8.55. The van der Waals surface area contributed by atoms with Crippen molar-refractivity contribution in [3.63, 3.8) is 0 Å². The molecule has 4 aromatic carbocycles. The Hall–Kier alpha value is -5.22. The van der Waals surface area contributed by atoms with E-state index in [1.807, 2.05) is 19.2 Å². The molecule has 0 aromatic heterocycles. The van der Waals surface area contributed by atoms with Crippen molar-refractivity contribution in [3.05, 3.63) is 166 Å². The molecule has 11 fully saturated rings. The van der Waals surface area contributed by atoms with Gasteiger partial charge in [-0.15, -0.1) is 0 Å². The van der Waals surface area contributed by atoms with Crippen molar-refractivity contribution in [1.29, 1.82) is 0 Å². The highest BCUT2D eigenvalue weighted by Gasteiger charge is 2.89. The molecule has 16 aliphatic rings. The molecule has 4 aromatic rings. The van der Waals surface area contributed by atoms with Gasteiger partial charge in [0.1, 0.15) is 23.6 Å². The van der Waals surface area contributed by atoms with Crippen LogP contribution in [0.3, 0.4) is 0 Å². The number of carbonyl (C=O) groups is 2. The van der Waals surface area contributed by atoms with E-state index in [9.17, 15) is 15.0 Å². The van der Waals surface area contributed by atoms with Gasteiger partial charge in [-0.25, -0.2) is 4.79 Å². The van der Waals surface area contributed by atoms with Crippen LogP contribution in [-0.4, -0.2) is 92.1 Å². The van der Waals surface area contributed by atoms with E-state index in [0.717, 1.165) is 112 Å². The van der Waals surface area contributed by atoms with Gasteiger partial charge < -0.3 is 45.1 Å². The average Bonchev–Trinajstić information content (AvgIpc) is 1.38. The number of esters is 1. The second-order valence-electron chi connectivity index (χ2n) is 35.3. The smallest absolute Gasteiger partial charge is 0.331 e. The predicted octanol–water partition coefficient (Wildman–Crippen LogP) is 12.6. The Labute approximate surface area is 568 Å². The van der Waals surface area contributed by atoms with Crippen LogP contribution in [0.2, 0.25) is 0 Å². The van der Waals surface area contributed by atoms with Gasteiger partial charge in [-0.3, -0.25) is 0 Å². The zero-order valence-electron chi connectivity index (χ0n) is 56.3. The van der Waals surface area contributed by atoms with Gasteiger partial charge in [-0.05, 0) is 277 Å². The van der Waals surface area contributed by atoms with Gasteiger partial charge >= 0.3 is 5.97 Å². The zero-order valence-corrected chi connectivity index (χ0v) is 56.3. The summed E-state index contributed by atoms with van der Waals surface area (Å²) < 4.78 is 14.8. The Morgan fingerprint density at radius 2 is 1.54 bits per heavy atom. The van der Waals surface area contributed by atoms with Gasteiger partial charge in [0, 0.05) is 57.6 Å². The SMILES string of the molecule is CN[C@@H]1Cc2c(cccc2CO)C#C[C@@]2(CC[C@H](Cc3ccccc3)C2)C[C@]23CC[C@H]4[C@@](O)([C@@H](O)[C@@H]5C[C@@H]6[C@@H]7CC=C[C@@H]6C[C@@H]6[C@H]8O[C@@H](Cc9cccc(c9)C[C@@H]9CC[C@@H]7C9)C[C@H]7C[C@H]9C[C@@H](c%10ccccc%10)CC[C@H]9[C@]78C[C@@]4(C=O)[C@@]65O)[C@@]2(O)C[C@H]2C[C@H]1[C@H]1OC(=O)C=C1[C@@H]23. The van der Waals surface area contributed by atoms with E-state index in [-0.39, 0.29) is 84.6 Å². The number of fused-ring (bicyclic) bond motifs is 11. The van der Waals surface area contributed by atoms with Crippen molar-refractivity contribution in [2.75, 3.05) is 7.05 Å². The standard InChI is InChI=1S/C86H101NO9/c1-87-73-42-66-56(17-9-19-60(66)46-88)26-29-80(28-25-54(44-80)31-50-11-4-2-5-12-50)47-81-30-27-74-82(49-89)48-83-63(37-61-36-57(23-24-70(61)83)55-15-6-3-7-16-55)40-64-35-52-14-8-13-51(32-52)33-53-21-22-59(34-53)65-20-10-18-58-39-72(79(83)95-64)85(82,93)71(41-67(58)65)78(91)86(74,94)84(81,92)45-62-38-68(73)77-69(76(62)81)43-75(90)96-77/h2-19,32,43,49,53-54,57-59,61-65,67-68,70-74,76-79,87-88,91-94H,20-25,27-28,30-31,33-42,44-48H2,1H3/t53-,54+,57-,58+,59+,61+,62+,63+,64-,65+,67-,68+,70+,71-,72+,73+,74+,76+,77+,78-,79+,80+,81-,82-,83-,84+,85-,86+/m0/s1. The molecule has 96 heavy (non-hydrogen) atoms. The molecule has 10 saturated carbocycles. The fourth-order valence-electron chi connectivity index (χ4n) is 28.9. The van der Waals surface area contributed by atoms with Crippen molar-refractivity contribution in [1.82, 2.24) is 5.32 Å². The maximum absolute atomic E-state index is 16.4. The van der Waals surface area contributed by atoms with Gasteiger partial charge in [0.05, 0.1) is 35.9 Å². The lowest BCUT2D eigenvalue weighted by Crippen LogP contribution is -2.87. The van der Waals surface area contributed by atoms with E-state index in [1.165, 1.54) is 35.0 Å². The Kier molecular flexibility index (Phi) is 14.4. The van der Waals surface area contributed by atoms with Crippen molar-refractivity contribution >= 4 is 12.3 Å². The molecule has 504 valence electrons. The Balaban J connectivity index is 0.822. The van der Waals surface area contributed by atoms with E-state index in [4.69, 9.17) is 9.47 Å². The summed E-state index contributed by atoms with van der Waals surface area (Å²) in [5.41, 5.74) is -1.01. The molecule has 0 amide bonds. The number of ether oxygens (including phenoxy) is 2. The minimum absolute atomic E-state index is 0.0665. The second-order valence-corrected chi connectivity index (χ2v) is 35.3. The van der Waals surface area contributed by atoms with E-state index in [2.05, 4.69) is 120 Å². The Bertz CT molecular complexity index is 3870. The predicted molar refractivity (Wildman–Crippen MR) is 366 cm³/mol. The minimum Gasteiger partial charge on any atom is -0.454 e. The largest absolute Gasteiger partial charge is 0.454 e. The summed E-state index contributed by atoms with van der Waals surface area (Å²) in [6.07, 6.45) is 23.6. The van der Waals surface area contributed by atoms with E-state index in [0.29, 0.717) is 75.0 Å². The van der Waals surface area contributed by atoms with Crippen LogP contribution >= 0.6 is 0 Å². The summed E-state index contributed by atoms with van der Waals surface area (Å²) in [7, 11) is 1.98. The number of rotatable bonds is 6. The van der Waals surface area contributed by atoms with E-state index in [1.54, 1.807) is 6.08 Å². The summed E-state index contributed by atoms with van der Waals surface area (Å²) in [5.74, 6) is 7.10. The van der Waals surface area contributed by atoms with Crippen molar-refractivity contribution in [2.24, 2.45) is 110 Å². The van der Waals surface area contributed by atoms with Gasteiger partial charge in [0.2, 0.25) is 0 Å². The summed E-state index contributed by atoms with van der Waals surface area (Å²) >= 11 is 0. The number of hydrogen-bond acceptors (Lipinski definition) is 10. The highest BCUT2D eigenvalue weighted by atomic mass is 16.5. The van der Waals surface area contributed by atoms with Gasteiger partial charge in [0.15, 0.2) is 0 Å². The maximum atomic E-state index is 16.4. The molecule has 10 heteroatoms. The first-order chi connectivity index (χ1) is 46.6. The molecule has 1 saturated heterocycles. The Morgan fingerprint density at radius 1 is 0.719 bits per heavy atom. The third-order valence-electron chi connectivity index (χ3n) is 32.0. The van der Waals surface area contributed by atoms with Crippen molar-refractivity contribution in [2.45, 2.75) is 214 Å². The molecule has 3 aliphatic heterocycles. The molecule has 0 unspecified atom stereocenters. The van der Waals surface area contributed by atoms with Crippen LogP contribution in [0, 0.1) is 122 Å². The number of nitrogens with one attached hydrogen (secondary N) is 1. The summed E-state index contributed by atoms with van der Waals surface area (Å²) in [6, 6.07) is 37.2. The number of aliphatic hydroxyl groups excluding tert-OH is 2. The lowest BCUT2D eigenvalue weighted by Gasteiger charge is -2.76. The molecular weight excluding hydrogens is 1190 g/mol. The second kappa shape index (κ2) is 22.4. The molecule has 10 nitrogen and oxygen atoms in total.